The van der Waals surface area contributed by atoms with Gasteiger partial charge in [-0.05, 0) is 41.3 Å². The van der Waals surface area contributed by atoms with Crippen molar-refractivity contribution in [3.8, 4) is 11.1 Å². The number of hydrogen-bond donors (Lipinski definition) is 2. The highest BCUT2D eigenvalue weighted by Gasteiger charge is 2.40. The Morgan fingerprint density at radius 3 is 2.41 bits per heavy atom. The summed E-state index contributed by atoms with van der Waals surface area (Å²) in [5, 5.41) is 6.76. The molecular formula is C24H22F3N5. The van der Waals surface area contributed by atoms with Crippen molar-refractivity contribution in [1.82, 2.24) is 14.8 Å². The number of alkyl halides is 3. The molecule has 0 fully saturated rings. The number of aryl methyl sites for hydroxylation is 2. The zero-order valence-electron chi connectivity index (χ0n) is 17.1. The van der Waals surface area contributed by atoms with Gasteiger partial charge in [0, 0.05) is 23.5 Å². The van der Waals surface area contributed by atoms with Gasteiger partial charge in [0.2, 0.25) is 0 Å². The molecule has 0 aliphatic rings. The van der Waals surface area contributed by atoms with Crippen LogP contribution in [0.2, 0.25) is 0 Å². The van der Waals surface area contributed by atoms with Crippen molar-refractivity contribution in [1.29, 1.82) is 0 Å². The molecule has 0 aliphatic carbocycles. The lowest BCUT2D eigenvalue weighted by molar-refractivity contribution is -0.144. The van der Waals surface area contributed by atoms with Crippen LogP contribution in [-0.4, -0.2) is 20.9 Å². The summed E-state index contributed by atoms with van der Waals surface area (Å²) >= 11 is 0. The molecule has 1 atom stereocenters. The van der Waals surface area contributed by atoms with Crippen LogP contribution < -0.4 is 11.1 Å². The fraction of sp³-hybridized carbons (Fsp3) is 0.167. The maximum absolute atomic E-state index is 13.8. The van der Waals surface area contributed by atoms with E-state index in [1.165, 1.54) is 18.5 Å². The molecule has 32 heavy (non-hydrogen) atoms. The van der Waals surface area contributed by atoms with Crippen LogP contribution in [0.5, 0.6) is 0 Å². The van der Waals surface area contributed by atoms with E-state index in [9.17, 15) is 13.2 Å². The molecule has 0 saturated carbocycles. The second-order valence-corrected chi connectivity index (χ2v) is 7.40. The molecule has 3 N–H and O–H groups in total. The molecule has 3 aromatic carbocycles. The first-order chi connectivity index (χ1) is 15.4. The minimum atomic E-state index is -4.46. The van der Waals surface area contributed by atoms with Gasteiger partial charge in [0.05, 0.1) is 0 Å². The summed E-state index contributed by atoms with van der Waals surface area (Å²) < 4.78 is 43.1. The number of anilines is 2. The summed E-state index contributed by atoms with van der Waals surface area (Å²) in [6.45, 7) is 0.624. The number of hydrogen-bond acceptors (Lipinski definition) is 4. The molecule has 5 nitrogen and oxygen atoms in total. The molecule has 4 rings (SSSR count). The fourth-order valence-corrected chi connectivity index (χ4v) is 3.63. The second-order valence-electron chi connectivity index (χ2n) is 7.40. The molecule has 1 heterocycles. The van der Waals surface area contributed by atoms with Crippen molar-refractivity contribution in [3.63, 3.8) is 0 Å². The lowest BCUT2D eigenvalue weighted by Gasteiger charge is -2.24. The minimum Gasteiger partial charge on any atom is -0.398 e. The predicted molar refractivity (Wildman–Crippen MR) is 119 cm³/mol. The van der Waals surface area contributed by atoms with Gasteiger partial charge in [0.25, 0.3) is 0 Å². The van der Waals surface area contributed by atoms with Crippen molar-refractivity contribution in [2.75, 3.05) is 11.1 Å². The maximum atomic E-state index is 13.8. The number of rotatable bonds is 7. The molecule has 1 aromatic heterocycles. The highest BCUT2D eigenvalue weighted by atomic mass is 19.4. The topological polar surface area (TPSA) is 68.8 Å². The summed E-state index contributed by atoms with van der Waals surface area (Å²) in [6.07, 6.45) is -0.671. The van der Waals surface area contributed by atoms with E-state index < -0.39 is 12.2 Å². The van der Waals surface area contributed by atoms with Gasteiger partial charge in [-0.25, -0.2) is 4.98 Å². The van der Waals surface area contributed by atoms with Gasteiger partial charge in [-0.3, -0.25) is 4.68 Å². The standard InChI is InChI=1S/C24H22F3N5/c25-24(26,27)23(18-7-2-1-3-8-18)31-19-10-11-22(28)21(14-19)20-9-5-4-6-17(20)12-13-32-16-29-15-30-32/h1-11,14-16,23,31H,12-13,28H2. The van der Waals surface area contributed by atoms with Gasteiger partial charge in [-0.2, -0.15) is 18.3 Å². The molecule has 0 aliphatic heterocycles. The first kappa shape index (κ1) is 21.4. The second kappa shape index (κ2) is 9.13. The highest BCUT2D eigenvalue weighted by Crippen LogP contribution is 2.38. The summed E-state index contributed by atoms with van der Waals surface area (Å²) in [5.74, 6) is 0. The van der Waals surface area contributed by atoms with E-state index in [4.69, 9.17) is 5.73 Å². The lowest BCUT2D eigenvalue weighted by Crippen LogP contribution is -2.27. The first-order valence-corrected chi connectivity index (χ1v) is 10.1. The Morgan fingerprint density at radius 1 is 0.938 bits per heavy atom. The smallest absolute Gasteiger partial charge is 0.398 e. The fourth-order valence-electron chi connectivity index (χ4n) is 3.63. The molecule has 4 aromatic rings. The van der Waals surface area contributed by atoms with Gasteiger partial charge < -0.3 is 11.1 Å². The zero-order valence-corrected chi connectivity index (χ0v) is 17.1. The van der Waals surface area contributed by atoms with Crippen LogP contribution in [-0.2, 0) is 13.0 Å². The number of nitrogen functional groups attached to an aromatic ring is 1. The third-order valence-electron chi connectivity index (χ3n) is 5.21. The molecule has 8 heteroatoms. The first-order valence-electron chi connectivity index (χ1n) is 10.1. The van der Waals surface area contributed by atoms with E-state index in [0.29, 0.717) is 29.9 Å². The maximum Gasteiger partial charge on any atom is 0.412 e. The zero-order chi connectivity index (χ0) is 22.6. The van der Waals surface area contributed by atoms with Crippen LogP contribution in [0.3, 0.4) is 0 Å². The minimum absolute atomic E-state index is 0.145. The number of nitrogens with one attached hydrogen (secondary N) is 1. The van der Waals surface area contributed by atoms with Crippen molar-refractivity contribution in [2.45, 2.75) is 25.2 Å². The van der Waals surface area contributed by atoms with E-state index in [0.717, 1.165) is 11.1 Å². The van der Waals surface area contributed by atoms with E-state index in [1.54, 1.807) is 47.4 Å². The molecule has 0 spiro atoms. The summed E-state index contributed by atoms with van der Waals surface area (Å²) in [4.78, 5) is 3.94. The van der Waals surface area contributed by atoms with Crippen LogP contribution in [0.1, 0.15) is 17.2 Å². The molecule has 0 amide bonds. The average Bonchev–Trinajstić information content (AvgIpc) is 3.31. The number of nitrogens with two attached hydrogens (primary N) is 1. The Bertz CT molecular complexity index is 1160. The molecule has 0 saturated heterocycles. The SMILES string of the molecule is Nc1ccc(NC(c2ccccc2)C(F)(F)F)cc1-c1ccccc1CCn1cncn1. The van der Waals surface area contributed by atoms with E-state index in [1.807, 2.05) is 24.3 Å². The van der Waals surface area contributed by atoms with Crippen LogP contribution >= 0.6 is 0 Å². The summed E-state index contributed by atoms with van der Waals surface area (Å²) in [6, 6.07) is 18.5. The van der Waals surface area contributed by atoms with Crippen LogP contribution in [0.25, 0.3) is 11.1 Å². The summed E-state index contributed by atoms with van der Waals surface area (Å²) in [5.41, 5.74) is 9.78. The third-order valence-corrected chi connectivity index (χ3v) is 5.21. The van der Waals surface area contributed by atoms with Crippen molar-refractivity contribution in [2.24, 2.45) is 0 Å². The Labute approximate surface area is 183 Å². The van der Waals surface area contributed by atoms with Gasteiger partial charge in [-0.1, -0.05) is 54.6 Å². The Kier molecular flexibility index (Phi) is 6.11. The third kappa shape index (κ3) is 4.91. The molecule has 0 radical (unpaired) electrons. The van der Waals surface area contributed by atoms with E-state index >= 15 is 0 Å². The Balaban J connectivity index is 1.65. The van der Waals surface area contributed by atoms with Crippen LogP contribution in [0.4, 0.5) is 24.5 Å². The van der Waals surface area contributed by atoms with Gasteiger partial charge in [0.1, 0.15) is 18.7 Å². The van der Waals surface area contributed by atoms with Gasteiger partial charge in [-0.15, -0.1) is 0 Å². The monoisotopic (exact) mass is 437 g/mol. The summed E-state index contributed by atoms with van der Waals surface area (Å²) in [7, 11) is 0. The van der Waals surface area contributed by atoms with E-state index in [-0.39, 0.29) is 5.56 Å². The number of halogens is 3. The van der Waals surface area contributed by atoms with Gasteiger partial charge in [0.15, 0.2) is 0 Å². The molecule has 164 valence electrons. The average molecular weight is 437 g/mol. The quantitative estimate of drug-likeness (QED) is 0.376. The van der Waals surface area contributed by atoms with Crippen molar-refractivity contribution < 1.29 is 13.2 Å². The predicted octanol–water partition coefficient (Wildman–Crippen LogP) is 5.49. The molecule has 0 bridgehead atoms. The Morgan fingerprint density at radius 2 is 1.69 bits per heavy atom. The lowest BCUT2D eigenvalue weighted by atomic mass is 9.95. The normalized spacial score (nSPS) is 12.5. The molecular weight excluding hydrogens is 415 g/mol. The van der Waals surface area contributed by atoms with Crippen molar-refractivity contribution in [3.05, 3.63) is 96.6 Å². The van der Waals surface area contributed by atoms with Crippen molar-refractivity contribution >= 4 is 11.4 Å². The van der Waals surface area contributed by atoms with Crippen LogP contribution in [0, 0.1) is 0 Å². The molecule has 1 unspecified atom stereocenters. The Hall–Kier alpha value is -3.81. The largest absolute Gasteiger partial charge is 0.412 e. The van der Waals surface area contributed by atoms with E-state index in [2.05, 4.69) is 15.4 Å². The number of nitrogens with zero attached hydrogens (tertiary/aromatic N) is 3. The van der Waals surface area contributed by atoms with Gasteiger partial charge >= 0.3 is 6.18 Å². The number of aromatic nitrogens is 3. The highest BCUT2D eigenvalue weighted by molar-refractivity contribution is 5.81. The van der Waals surface area contributed by atoms with Crippen LogP contribution in [0.15, 0.2) is 85.5 Å². The number of benzene rings is 3.